The number of hydrogen-bond acceptors (Lipinski definition) is 2. The van der Waals surface area contributed by atoms with Crippen molar-refractivity contribution in [2.24, 2.45) is 0 Å². The first-order valence-electron chi connectivity index (χ1n) is 9.43. The van der Waals surface area contributed by atoms with Crippen LogP contribution in [0.25, 0.3) is 0 Å². The number of halogens is 1. The number of hydrogen-bond donors (Lipinski definition) is 0. The quantitative estimate of drug-likeness (QED) is 0.782. The number of rotatable bonds is 6. The zero-order chi connectivity index (χ0) is 19.2. The van der Waals surface area contributed by atoms with Gasteiger partial charge in [0, 0.05) is 38.7 Å². The summed E-state index contributed by atoms with van der Waals surface area (Å²) in [5, 5.41) is 0. The van der Waals surface area contributed by atoms with Gasteiger partial charge in [0.15, 0.2) is 0 Å². The van der Waals surface area contributed by atoms with Crippen molar-refractivity contribution in [1.82, 2.24) is 4.90 Å². The third-order valence-corrected chi connectivity index (χ3v) is 5.04. The van der Waals surface area contributed by atoms with Gasteiger partial charge in [-0.25, -0.2) is 4.39 Å². The summed E-state index contributed by atoms with van der Waals surface area (Å²) in [6, 6.07) is 14.3. The van der Waals surface area contributed by atoms with Gasteiger partial charge < -0.3 is 9.80 Å². The van der Waals surface area contributed by atoms with Crippen LogP contribution in [0.15, 0.2) is 48.5 Å². The third kappa shape index (κ3) is 4.94. The Morgan fingerprint density at radius 3 is 2.56 bits per heavy atom. The predicted octanol–water partition coefficient (Wildman–Crippen LogP) is 3.59. The van der Waals surface area contributed by atoms with E-state index in [0.29, 0.717) is 25.9 Å². The standard InChI is InChI=1S/C22H25FN2O2/c1-17(26)24(15-12-18-8-10-20(23)11-9-18)16-13-22(27)25-14-4-6-19-5-2-3-7-21(19)25/h2-3,5,7-11H,4,6,12-16H2,1H3. The molecule has 27 heavy (non-hydrogen) atoms. The summed E-state index contributed by atoms with van der Waals surface area (Å²) in [4.78, 5) is 28.2. The van der Waals surface area contributed by atoms with Gasteiger partial charge in [0.1, 0.15) is 5.82 Å². The molecular formula is C22H25FN2O2. The van der Waals surface area contributed by atoms with Crippen molar-refractivity contribution in [3.05, 3.63) is 65.5 Å². The molecule has 0 saturated heterocycles. The number of carbonyl (C=O) groups is 2. The van der Waals surface area contributed by atoms with E-state index in [1.807, 2.05) is 23.1 Å². The maximum atomic E-state index is 13.0. The Kier molecular flexibility index (Phi) is 6.22. The summed E-state index contributed by atoms with van der Waals surface area (Å²) in [6.45, 7) is 3.16. The Labute approximate surface area is 159 Å². The van der Waals surface area contributed by atoms with Gasteiger partial charge in [-0.1, -0.05) is 30.3 Å². The van der Waals surface area contributed by atoms with Gasteiger partial charge in [-0.05, 0) is 48.6 Å². The maximum absolute atomic E-state index is 13.0. The van der Waals surface area contributed by atoms with E-state index in [1.54, 1.807) is 17.0 Å². The SMILES string of the molecule is CC(=O)N(CCC(=O)N1CCCc2ccccc21)CCc1ccc(F)cc1. The summed E-state index contributed by atoms with van der Waals surface area (Å²) in [6.07, 6.45) is 2.90. The molecule has 0 aromatic heterocycles. The lowest BCUT2D eigenvalue weighted by atomic mass is 10.0. The normalized spacial score (nSPS) is 13.2. The molecule has 2 aromatic rings. The van der Waals surface area contributed by atoms with Crippen molar-refractivity contribution in [1.29, 1.82) is 0 Å². The highest BCUT2D eigenvalue weighted by Crippen LogP contribution is 2.27. The first kappa shape index (κ1) is 19.1. The minimum Gasteiger partial charge on any atom is -0.342 e. The molecule has 0 radical (unpaired) electrons. The van der Waals surface area contributed by atoms with Crippen molar-refractivity contribution in [3.8, 4) is 0 Å². The van der Waals surface area contributed by atoms with Crippen LogP contribution in [-0.2, 0) is 22.4 Å². The fraction of sp³-hybridized carbons (Fsp3) is 0.364. The van der Waals surface area contributed by atoms with Gasteiger partial charge >= 0.3 is 0 Å². The summed E-state index contributed by atoms with van der Waals surface area (Å²) in [7, 11) is 0. The first-order chi connectivity index (χ1) is 13.0. The van der Waals surface area contributed by atoms with Gasteiger partial charge in [0.2, 0.25) is 11.8 Å². The molecule has 1 heterocycles. The summed E-state index contributed by atoms with van der Waals surface area (Å²) < 4.78 is 13.0. The number of nitrogens with zero attached hydrogens (tertiary/aromatic N) is 2. The highest BCUT2D eigenvalue weighted by Gasteiger charge is 2.22. The average Bonchev–Trinajstić information content (AvgIpc) is 2.68. The molecular weight excluding hydrogens is 343 g/mol. The Bertz CT molecular complexity index is 804. The minimum absolute atomic E-state index is 0.0511. The Morgan fingerprint density at radius 2 is 1.81 bits per heavy atom. The molecule has 0 N–H and O–H groups in total. The minimum atomic E-state index is -0.269. The van der Waals surface area contributed by atoms with Gasteiger partial charge in [0.25, 0.3) is 0 Å². The number of benzene rings is 2. The first-order valence-corrected chi connectivity index (χ1v) is 9.43. The predicted molar refractivity (Wildman–Crippen MR) is 104 cm³/mol. The molecule has 142 valence electrons. The van der Waals surface area contributed by atoms with E-state index in [4.69, 9.17) is 0 Å². The van der Waals surface area contributed by atoms with Crippen LogP contribution in [0, 0.1) is 5.82 Å². The third-order valence-electron chi connectivity index (χ3n) is 5.04. The molecule has 5 heteroatoms. The molecule has 2 amide bonds. The van der Waals surface area contributed by atoms with Gasteiger partial charge in [-0.3, -0.25) is 9.59 Å². The van der Waals surface area contributed by atoms with Crippen molar-refractivity contribution in [3.63, 3.8) is 0 Å². The van der Waals surface area contributed by atoms with Gasteiger partial charge in [-0.15, -0.1) is 0 Å². The second-order valence-electron chi connectivity index (χ2n) is 6.91. The average molecular weight is 368 g/mol. The Morgan fingerprint density at radius 1 is 1.07 bits per heavy atom. The summed E-state index contributed by atoms with van der Waals surface area (Å²) in [5.41, 5.74) is 3.17. The number of carbonyl (C=O) groups excluding carboxylic acids is 2. The van der Waals surface area contributed by atoms with Crippen LogP contribution < -0.4 is 4.90 Å². The molecule has 0 bridgehead atoms. The lowest BCUT2D eigenvalue weighted by Crippen LogP contribution is -2.39. The van der Waals surface area contributed by atoms with E-state index in [1.165, 1.54) is 24.6 Å². The highest BCUT2D eigenvalue weighted by molar-refractivity contribution is 5.94. The molecule has 2 aromatic carbocycles. The molecule has 0 spiro atoms. The number of amides is 2. The molecule has 0 fully saturated rings. The lowest BCUT2D eigenvalue weighted by Gasteiger charge is -2.30. The van der Waals surface area contributed by atoms with Crippen LogP contribution in [0.1, 0.15) is 30.9 Å². The molecule has 3 rings (SSSR count). The van der Waals surface area contributed by atoms with Crippen LogP contribution in [0.2, 0.25) is 0 Å². The molecule has 1 aliphatic heterocycles. The monoisotopic (exact) mass is 368 g/mol. The molecule has 1 aliphatic rings. The van der Waals surface area contributed by atoms with E-state index in [0.717, 1.165) is 30.6 Å². The molecule has 4 nitrogen and oxygen atoms in total. The van der Waals surface area contributed by atoms with E-state index in [2.05, 4.69) is 6.07 Å². The highest BCUT2D eigenvalue weighted by atomic mass is 19.1. The van der Waals surface area contributed by atoms with E-state index in [-0.39, 0.29) is 17.6 Å². The fourth-order valence-electron chi connectivity index (χ4n) is 3.50. The fourth-order valence-corrected chi connectivity index (χ4v) is 3.50. The largest absolute Gasteiger partial charge is 0.342 e. The number of para-hydroxylation sites is 1. The molecule has 0 atom stereocenters. The smallest absolute Gasteiger partial charge is 0.228 e. The van der Waals surface area contributed by atoms with Crippen LogP contribution in [0.5, 0.6) is 0 Å². The zero-order valence-electron chi connectivity index (χ0n) is 15.7. The van der Waals surface area contributed by atoms with Crippen molar-refractivity contribution < 1.29 is 14.0 Å². The van der Waals surface area contributed by atoms with Crippen molar-refractivity contribution in [2.45, 2.75) is 32.6 Å². The van der Waals surface area contributed by atoms with Crippen LogP contribution >= 0.6 is 0 Å². The van der Waals surface area contributed by atoms with E-state index in [9.17, 15) is 14.0 Å². The number of aryl methyl sites for hydroxylation is 1. The molecule has 0 aliphatic carbocycles. The maximum Gasteiger partial charge on any atom is 0.228 e. The second-order valence-corrected chi connectivity index (χ2v) is 6.91. The van der Waals surface area contributed by atoms with Crippen LogP contribution in [0.4, 0.5) is 10.1 Å². The van der Waals surface area contributed by atoms with E-state index >= 15 is 0 Å². The van der Waals surface area contributed by atoms with Crippen LogP contribution in [0.3, 0.4) is 0 Å². The zero-order valence-corrected chi connectivity index (χ0v) is 15.7. The summed E-state index contributed by atoms with van der Waals surface area (Å²) >= 11 is 0. The Hall–Kier alpha value is -2.69. The van der Waals surface area contributed by atoms with E-state index < -0.39 is 0 Å². The topological polar surface area (TPSA) is 40.6 Å². The van der Waals surface area contributed by atoms with Crippen molar-refractivity contribution >= 4 is 17.5 Å². The van der Waals surface area contributed by atoms with Gasteiger partial charge in [-0.2, -0.15) is 0 Å². The number of fused-ring (bicyclic) bond motifs is 1. The number of anilines is 1. The Balaban J connectivity index is 1.57. The second kappa shape index (κ2) is 8.80. The summed E-state index contributed by atoms with van der Waals surface area (Å²) in [5.74, 6) is -0.270. The van der Waals surface area contributed by atoms with Crippen molar-refractivity contribution in [2.75, 3.05) is 24.5 Å². The van der Waals surface area contributed by atoms with Gasteiger partial charge in [0.05, 0.1) is 0 Å². The molecule has 0 saturated carbocycles. The lowest BCUT2D eigenvalue weighted by molar-refractivity contribution is -0.129. The molecule has 0 unspecified atom stereocenters. The van der Waals surface area contributed by atoms with Crippen LogP contribution in [-0.4, -0.2) is 36.3 Å².